The normalized spacial score (nSPS) is 17.0. The molecule has 0 aromatic heterocycles. The van der Waals surface area contributed by atoms with Crippen molar-refractivity contribution in [3.05, 3.63) is 71.3 Å². The molecule has 2 amide bonds. The zero-order chi connectivity index (χ0) is 22.2. The third kappa shape index (κ3) is 6.44. The van der Waals surface area contributed by atoms with Crippen LogP contribution in [-0.4, -0.2) is 47.8 Å². The average Bonchev–Trinajstić information content (AvgIpc) is 3.38. The fraction of sp³-hybridized carbons (Fsp3) is 0.500. The van der Waals surface area contributed by atoms with Gasteiger partial charge in [0.25, 0.3) is 0 Å². The Kier molecular flexibility index (Phi) is 7.97. The number of amides is 2. The first kappa shape index (κ1) is 22.6. The minimum atomic E-state index is 0.292. The zero-order valence-electron chi connectivity index (χ0n) is 19.2. The molecule has 2 fully saturated rings. The highest BCUT2D eigenvalue weighted by Crippen LogP contribution is 2.23. The van der Waals surface area contributed by atoms with Crippen LogP contribution in [0.5, 0.6) is 0 Å². The fourth-order valence-electron chi connectivity index (χ4n) is 4.99. The molecule has 0 bridgehead atoms. The minimum Gasteiger partial charge on any atom is -0.343 e. The Balaban J connectivity index is 1.16. The van der Waals surface area contributed by atoms with Gasteiger partial charge in [-0.15, -0.1) is 0 Å². The largest absolute Gasteiger partial charge is 0.343 e. The summed E-state index contributed by atoms with van der Waals surface area (Å²) in [5.74, 6) is 1.24. The summed E-state index contributed by atoms with van der Waals surface area (Å²) >= 11 is 0. The molecule has 0 aliphatic carbocycles. The molecular weight excluding hydrogens is 396 g/mol. The van der Waals surface area contributed by atoms with E-state index in [1.165, 1.54) is 16.7 Å². The molecular formula is C28H36N2O2. The SMILES string of the molecule is O=C(CCc1ccc(CC2CCN(C(=O)CCc3ccccc3)CC2)cc1)N1CCCC1. The minimum absolute atomic E-state index is 0.292. The van der Waals surface area contributed by atoms with Gasteiger partial charge in [0.1, 0.15) is 0 Å². The lowest BCUT2D eigenvalue weighted by atomic mass is 9.89. The predicted octanol–water partition coefficient (Wildman–Crippen LogP) is 4.66. The number of aryl methyl sites for hydroxylation is 2. The van der Waals surface area contributed by atoms with Crippen LogP contribution in [0, 0.1) is 5.92 Å². The van der Waals surface area contributed by atoms with Crippen LogP contribution in [0.25, 0.3) is 0 Å². The third-order valence-corrected chi connectivity index (χ3v) is 7.07. The predicted molar refractivity (Wildman–Crippen MR) is 128 cm³/mol. The number of likely N-dealkylation sites (tertiary alicyclic amines) is 2. The first-order chi connectivity index (χ1) is 15.7. The molecule has 2 heterocycles. The van der Waals surface area contributed by atoms with Gasteiger partial charge in [-0.3, -0.25) is 9.59 Å². The van der Waals surface area contributed by atoms with Gasteiger partial charge in [-0.1, -0.05) is 54.6 Å². The number of piperidine rings is 1. The van der Waals surface area contributed by atoms with Crippen molar-refractivity contribution < 1.29 is 9.59 Å². The highest BCUT2D eigenvalue weighted by atomic mass is 16.2. The van der Waals surface area contributed by atoms with Crippen molar-refractivity contribution in [1.82, 2.24) is 9.80 Å². The lowest BCUT2D eigenvalue weighted by Crippen LogP contribution is -2.39. The van der Waals surface area contributed by atoms with Crippen LogP contribution in [0.15, 0.2) is 54.6 Å². The lowest BCUT2D eigenvalue weighted by molar-refractivity contribution is -0.132. The summed E-state index contributed by atoms with van der Waals surface area (Å²) in [5.41, 5.74) is 3.85. The molecule has 0 spiro atoms. The van der Waals surface area contributed by atoms with E-state index in [2.05, 4.69) is 41.3 Å². The van der Waals surface area contributed by atoms with Crippen LogP contribution in [0.1, 0.15) is 55.2 Å². The number of rotatable bonds is 8. The molecule has 0 N–H and O–H groups in total. The van der Waals surface area contributed by atoms with Gasteiger partial charge < -0.3 is 9.80 Å². The second-order valence-corrected chi connectivity index (χ2v) is 9.42. The summed E-state index contributed by atoms with van der Waals surface area (Å²) in [6.07, 6.45) is 8.45. The van der Waals surface area contributed by atoms with Gasteiger partial charge >= 0.3 is 0 Å². The Morgan fingerprint density at radius 3 is 1.75 bits per heavy atom. The van der Waals surface area contributed by atoms with Crippen LogP contribution in [0.4, 0.5) is 0 Å². The maximum Gasteiger partial charge on any atom is 0.222 e. The van der Waals surface area contributed by atoms with Gasteiger partial charge in [0.05, 0.1) is 0 Å². The summed E-state index contributed by atoms with van der Waals surface area (Å²) in [6, 6.07) is 19.1. The van der Waals surface area contributed by atoms with Crippen LogP contribution in [0.2, 0.25) is 0 Å². The van der Waals surface area contributed by atoms with E-state index in [4.69, 9.17) is 0 Å². The smallest absolute Gasteiger partial charge is 0.222 e. The maximum absolute atomic E-state index is 12.6. The molecule has 0 saturated carbocycles. The summed E-state index contributed by atoms with van der Waals surface area (Å²) < 4.78 is 0. The number of hydrogen-bond acceptors (Lipinski definition) is 2. The van der Waals surface area contributed by atoms with Gasteiger partial charge in [-0.25, -0.2) is 0 Å². The van der Waals surface area contributed by atoms with E-state index in [0.29, 0.717) is 30.6 Å². The number of hydrogen-bond donors (Lipinski definition) is 0. The highest BCUT2D eigenvalue weighted by molar-refractivity contribution is 5.77. The van der Waals surface area contributed by atoms with E-state index in [-0.39, 0.29) is 0 Å². The number of carbonyl (C=O) groups excluding carboxylic acids is 2. The molecule has 0 unspecified atom stereocenters. The Labute approximate surface area is 192 Å². The molecule has 170 valence electrons. The number of benzene rings is 2. The molecule has 0 radical (unpaired) electrons. The van der Waals surface area contributed by atoms with Crippen LogP contribution >= 0.6 is 0 Å². The van der Waals surface area contributed by atoms with E-state index < -0.39 is 0 Å². The maximum atomic E-state index is 12.6. The fourth-order valence-corrected chi connectivity index (χ4v) is 4.99. The summed E-state index contributed by atoms with van der Waals surface area (Å²) in [6.45, 7) is 3.65. The molecule has 32 heavy (non-hydrogen) atoms. The molecule has 2 saturated heterocycles. The molecule has 0 atom stereocenters. The quantitative estimate of drug-likeness (QED) is 0.609. The first-order valence-corrected chi connectivity index (χ1v) is 12.3. The molecule has 2 aliphatic rings. The Morgan fingerprint density at radius 2 is 1.16 bits per heavy atom. The molecule has 2 aromatic carbocycles. The van der Waals surface area contributed by atoms with Crippen molar-refractivity contribution in [1.29, 1.82) is 0 Å². The number of carbonyl (C=O) groups is 2. The highest BCUT2D eigenvalue weighted by Gasteiger charge is 2.23. The van der Waals surface area contributed by atoms with Crippen molar-refractivity contribution in [3.8, 4) is 0 Å². The van der Waals surface area contributed by atoms with E-state index >= 15 is 0 Å². The average molecular weight is 433 g/mol. The lowest BCUT2D eigenvalue weighted by Gasteiger charge is -2.32. The molecule has 4 heteroatoms. The topological polar surface area (TPSA) is 40.6 Å². The van der Waals surface area contributed by atoms with Crippen LogP contribution in [-0.2, 0) is 28.9 Å². The van der Waals surface area contributed by atoms with E-state index in [1.807, 2.05) is 23.1 Å². The molecule has 4 rings (SSSR count). The number of nitrogens with zero attached hydrogens (tertiary/aromatic N) is 2. The second kappa shape index (κ2) is 11.3. The Bertz CT molecular complexity index is 864. The van der Waals surface area contributed by atoms with Gasteiger partial charge in [0.15, 0.2) is 0 Å². The third-order valence-electron chi connectivity index (χ3n) is 7.07. The molecule has 2 aliphatic heterocycles. The zero-order valence-corrected chi connectivity index (χ0v) is 19.2. The monoisotopic (exact) mass is 432 g/mol. The Morgan fingerprint density at radius 1 is 0.656 bits per heavy atom. The first-order valence-electron chi connectivity index (χ1n) is 12.3. The van der Waals surface area contributed by atoms with E-state index in [9.17, 15) is 9.59 Å². The van der Waals surface area contributed by atoms with Crippen molar-refractivity contribution >= 4 is 11.8 Å². The summed E-state index contributed by atoms with van der Waals surface area (Å²) in [7, 11) is 0. The van der Waals surface area contributed by atoms with Crippen LogP contribution < -0.4 is 0 Å². The van der Waals surface area contributed by atoms with Crippen LogP contribution in [0.3, 0.4) is 0 Å². The van der Waals surface area contributed by atoms with E-state index in [1.54, 1.807) is 0 Å². The van der Waals surface area contributed by atoms with Gasteiger partial charge in [-0.05, 0) is 67.6 Å². The molecule has 2 aromatic rings. The van der Waals surface area contributed by atoms with Crippen molar-refractivity contribution in [2.24, 2.45) is 5.92 Å². The van der Waals surface area contributed by atoms with Gasteiger partial charge in [-0.2, -0.15) is 0 Å². The second-order valence-electron chi connectivity index (χ2n) is 9.42. The standard InChI is InChI=1S/C28H36N2O2/c31-27(29-18-4-5-19-29)15-13-24-8-10-25(11-9-24)22-26-16-20-30(21-17-26)28(32)14-12-23-6-2-1-3-7-23/h1-3,6-11,26H,4-5,12-22H2. The van der Waals surface area contributed by atoms with E-state index in [0.717, 1.165) is 71.1 Å². The van der Waals surface area contributed by atoms with Gasteiger partial charge in [0.2, 0.25) is 11.8 Å². The summed E-state index contributed by atoms with van der Waals surface area (Å²) in [5, 5.41) is 0. The Hall–Kier alpha value is -2.62. The van der Waals surface area contributed by atoms with Crippen molar-refractivity contribution in [2.45, 2.75) is 57.8 Å². The molecule has 4 nitrogen and oxygen atoms in total. The summed E-state index contributed by atoms with van der Waals surface area (Å²) in [4.78, 5) is 28.9. The van der Waals surface area contributed by atoms with Crippen molar-refractivity contribution in [2.75, 3.05) is 26.2 Å². The van der Waals surface area contributed by atoms with Gasteiger partial charge in [0, 0.05) is 39.0 Å². The van der Waals surface area contributed by atoms with Crippen molar-refractivity contribution in [3.63, 3.8) is 0 Å².